The number of rotatable bonds is 5. The number of anilines is 2. The third kappa shape index (κ3) is 3.85. The van der Waals surface area contributed by atoms with Gasteiger partial charge in [-0.2, -0.15) is 0 Å². The predicted molar refractivity (Wildman–Crippen MR) is 112 cm³/mol. The number of nitrogens with zero attached hydrogens (tertiary/aromatic N) is 2. The molecule has 0 radical (unpaired) electrons. The van der Waals surface area contributed by atoms with Crippen molar-refractivity contribution < 1.29 is 14.3 Å². The Morgan fingerprint density at radius 1 is 1.21 bits per heavy atom. The Hall–Kier alpha value is -2.90. The van der Waals surface area contributed by atoms with Gasteiger partial charge in [0, 0.05) is 36.6 Å². The molecule has 1 amide bonds. The smallest absolute Gasteiger partial charge is 0.265 e. The molecule has 28 heavy (non-hydrogen) atoms. The van der Waals surface area contributed by atoms with E-state index in [0.29, 0.717) is 29.5 Å². The molecule has 0 aliphatic carbocycles. The molecular weight excluding hydrogens is 374 g/mol. The van der Waals surface area contributed by atoms with Gasteiger partial charge in [0.1, 0.15) is 5.75 Å². The quantitative estimate of drug-likeness (QED) is 0.710. The second-order valence-electron chi connectivity index (χ2n) is 6.33. The summed E-state index contributed by atoms with van der Waals surface area (Å²) < 4.78 is 10.8. The minimum absolute atomic E-state index is 0.154. The normalized spacial score (nSPS) is 14.0. The van der Waals surface area contributed by atoms with E-state index in [0.717, 1.165) is 29.2 Å². The Labute approximate surface area is 167 Å². The van der Waals surface area contributed by atoms with Crippen LogP contribution in [0.15, 0.2) is 54.9 Å². The highest BCUT2D eigenvalue weighted by Crippen LogP contribution is 2.39. The van der Waals surface area contributed by atoms with E-state index < -0.39 is 0 Å². The number of morpholine rings is 1. The summed E-state index contributed by atoms with van der Waals surface area (Å²) in [6, 6.07) is 13.3. The third-order valence-corrected chi connectivity index (χ3v) is 5.76. The third-order valence-electron chi connectivity index (χ3n) is 4.56. The van der Waals surface area contributed by atoms with Gasteiger partial charge >= 0.3 is 0 Å². The molecule has 3 aromatic rings. The summed E-state index contributed by atoms with van der Waals surface area (Å²) in [5.74, 6) is 0.479. The number of carbonyl (C=O) groups excluding carboxylic acids is 1. The van der Waals surface area contributed by atoms with Gasteiger partial charge in [0.05, 0.1) is 35.9 Å². The summed E-state index contributed by atoms with van der Waals surface area (Å²) in [4.78, 5) is 20.1. The lowest BCUT2D eigenvalue weighted by molar-refractivity contribution is 0.103. The lowest BCUT2D eigenvalue weighted by Crippen LogP contribution is -2.35. The van der Waals surface area contributed by atoms with Crippen LogP contribution in [0.5, 0.6) is 5.75 Å². The molecule has 0 spiro atoms. The zero-order valence-corrected chi connectivity index (χ0v) is 16.4. The van der Waals surface area contributed by atoms with Crippen molar-refractivity contribution in [2.24, 2.45) is 0 Å². The van der Waals surface area contributed by atoms with Crippen molar-refractivity contribution >= 4 is 27.9 Å². The van der Waals surface area contributed by atoms with Crippen LogP contribution < -0.4 is 15.0 Å². The van der Waals surface area contributed by atoms with E-state index in [2.05, 4.69) is 15.2 Å². The fourth-order valence-corrected chi connectivity index (χ4v) is 4.28. The number of para-hydroxylation sites is 2. The number of nitrogens with one attached hydrogen (secondary N) is 1. The molecule has 0 unspecified atom stereocenters. The minimum Gasteiger partial charge on any atom is -0.495 e. The second-order valence-corrected chi connectivity index (χ2v) is 7.36. The van der Waals surface area contributed by atoms with E-state index in [1.165, 1.54) is 11.3 Å². The van der Waals surface area contributed by atoms with Crippen LogP contribution in [0.2, 0.25) is 0 Å². The average molecular weight is 395 g/mol. The van der Waals surface area contributed by atoms with Gasteiger partial charge in [-0.15, -0.1) is 11.3 Å². The fourth-order valence-electron chi connectivity index (χ4n) is 3.16. The highest BCUT2D eigenvalue weighted by atomic mass is 32.1. The van der Waals surface area contributed by atoms with Gasteiger partial charge in [-0.1, -0.05) is 18.2 Å². The van der Waals surface area contributed by atoms with E-state index in [1.807, 2.05) is 48.7 Å². The maximum Gasteiger partial charge on any atom is 0.265 e. The van der Waals surface area contributed by atoms with Crippen LogP contribution in [0.1, 0.15) is 9.67 Å². The molecule has 1 aliphatic rings. The lowest BCUT2D eigenvalue weighted by atomic mass is 10.1. The number of methoxy groups -OCH3 is 1. The van der Waals surface area contributed by atoms with Gasteiger partial charge in [0.25, 0.3) is 5.91 Å². The number of benzene rings is 1. The molecule has 0 bridgehead atoms. The zero-order valence-electron chi connectivity index (χ0n) is 15.6. The summed E-state index contributed by atoms with van der Waals surface area (Å²) in [6.45, 7) is 2.99. The number of thiophene rings is 1. The van der Waals surface area contributed by atoms with E-state index in [1.54, 1.807) is 13.3 Å². The van der Waals surface area contributed by atoms with Crippen LogP contribution in [0.3, 0.4) is 0 Å². The highest BCUT2D eigenvalue weighted by molar-refractivity contribution is 7.18. The monoisotopic (exact) mass is 395 g/mol. The minimum atomic E-state index is -0.154. The Bertz CT molecular complexity index is 953. The average Bonchev–Trinajstić information content (AvgIpc) is 3.21. The SMILES string of the molecule is COc1ccccc1NC(=O)c1cc(-c2cccnc2)c(N2CCOCC2)s1. The summed E-state index contributed by atoms with van der Waals surface area (Å²) in [6.07, 6.45) is 3.58. The summed E-state index contributed by atoms with van der Waals surface area (Å²) in [7, 11) is 1.59. The van der Waals surface area contributed by atoms with Gasteiger partial charge in [-0.25, -0.2) is 0 Å². The molecule has 0 saturated carbocycles. The predicted octanol–water partition coefficient (Wildman–Crippen LogP) is 3.91. The van der Waals surface area contributed by atoms with E-state index in [-0.39, 0.29) is 5.91 Å². The van der Waals surface area contributed by atoms with E-state index >= 15 is 0 Å². The van der Waals surface area contributed by atoms with Gasteiger partial charge in [-0.05, 0) is 24.3 Å². The van der Waals surface area contributed by atoms with Gasteiger partial charge < -0.3 is 19.7 Å². The van der Waals surface area contributed by atoms with Gasteiger partial charge in [0.2, 0.25) is 0 Å². The van der Waals surface area contributed by atoms with Crippen molar-refractivity contribution in [1.82, 2.24) is 4.98 Å². The largest absolute Gasteiger partial charge is 0.495 e. The summed E-state index contributed by atoms with van der Waals surface area (Å²) in [5, 5.41) is 4.03. The first kappa shape index (κ1) is 18.5. The molecule has 6 nitrogen and oxygen atoms in total. The fraction of sp³-hybridized carbons (Fsp3) is 0.238. The van der Waals surface area contributed by atoms with Crippen LogP contribution in [0.25, 0.3) is 11.1 Å². The van der Waals surface area contributed by atoms with Crippen LogP contribution in [-0.2, 0) is 4.74 Å². The van der Waals surface area contributed by atoms with Crippen LogP contribution in [0, 0.1) is 0 Å². The van der Waals surface area contributed by atoms with Crippen molar-refractivity contribution in [1.29, 1.82) is 0 Å². The van der Waals surface area contributed by atoms with Crippen molar-refractivity contribution in [3.63, 3.8) is 0 Å². The maximum atomic E-state index is 12.9. The number of carbonyl (C=O) groups is 1. The lowest BCUT2D eigenvalue weighted by Gasteiger charge is -2.28. The Kier molecular flexibility index (Phi) is 5.55. The molecule has 7 heteroatoms. The van der Waals surface area contributed by atoms with Gasteiger partial charge in [0.15, 0.2) is 0 Å². The first-order valence-corrected chi connectivity index (χ1v) is 9.89. The standard InChI is InChI=1S/C21H21N3O3S/c1-26-18-7-3-2-6-17(18)23-20(25)19-13-16(15-5-4-8-22-14-15)21(28-19)24-9-11-27-12-10-24/h2-8,13-14H,9-12H2,1H3,(H,23,25). The van der Waals surface area contributed by atoms with Gasteiger partial charge in [-0.3, -0.25) is 9.78 Å². The first-order valence-electron chi connectivity index (χ1n) is 9.07. The molecule has 1 saturated heterocycles. The van der Waals surface area contributed by atoms with E-state index in [9.17, 15) is 4.79 Å². The molecule has 2 aromatic heterocycles. The van der Waals surface area contributed by atoms with Crippen molar-refractivity contribution in [3.05, 3.63) is 59.7 Å². The molecule has 1 aliphatic heterocycles. The van der Waals surface area contributed by atoms with E-state index in [4.69, 9.17) is 9.47 Å². The maximum absolute atomic E-state index is 12.9. The molecular formula is C21H21N3O3S. The molecule has 1 fully saturated rings. The van der Waals surface area contributed by atoms with Crippen LogP contribution in [-0.4, -0.2) is 44.3 Å². The molecule has 4 rings (SSSR count). The molecule has 0 atom stereocenters. The van der Waals surface area contributed by atoms with Crippen molar-refractivity contribution in [2.45, 2.75) is 0 Å². The van der Waals surface area contributed by atoms with Crippen molar-refractivity contribution in [3.8, 4) is 16.9 Å². The Balaban J connectivity index is 1.67. The topological polar surface area (TPSA) is 63.7 Å². The van der Waals surface area contributed by atoms with Crippen molar-refractivity contribution in [2.75, 3.05) is 43.6 Å². The number of hydrogen-bond donors (Lipinski definition) is 1. The van der Waals surface area contributed by atoms with Crippen LogP contribution in [0.4, 0.5) is 10.7 Å². The summed E-state index contributed by atoms with van der Waals surface area (Å²) in [5.41, 5.74) is 2.67. The van der Waals surface area contributed by atoms with Crippen LogP contribution >= 0.6 is 11.3 Å². The summed E-state index contributed by atoms with van der Waals surface area (Å²) >= 11 is 1.49. The number of hydrogen-bond acceptors (Lipinski definition) is 6. The Morgan fingerprint density at radius 3 is 2.79 bits per heavy atom. The molecule has 1 aromatic carbocycles. The molecule has 1 N–H and O–H groups in total. The number of aromatic nitrogens is 1. The zero-order chi connectivity index (χ0) is 19.3. The molecule has 144 valence electrons. The first-order chi connectivity index (χ1) is 13.8. The number of pyridine rings is 1. The highest BCUT2D eigenvalue weighted by Gasteiger charge is 2.22. The number of ether oxygens (including phenoxy) is 2. The Morgan fingerprint density at radius 2 is 2.04 bits per heavy atom. The number of amides is 1. The second kappa shape index (κ2) is 8.41. The molecule has 3 heterocycles.